The molecule has 0 bridgehead atoms. The van der Waals surface area contributed by atoms with E-state index in [1.165, 1.54) is 0 Å². The summed E-state index contributed by atoms with van der Waals surface area (Å²) in [5.41, 5.74) is -0.433. The van der Waals surface area contributed by atoms with Crippen LogP contribution in [0.4, 0.5) is 0 Å². The average Bonchev–Trinajstić information content (AvgIpc) is 2.27. The molecule has 2 N–H and O–H groups in total. The van der Waals surface area contributed by atoms with E-state index >= 15 is 0 Å². The first-order chi connectivity index (χ1) is 7.41. The van der Waals surface area contributed by atoms with Crippen molar-refractivity contribution in [2.45, 2.75) is 53.0 Å². The van der Waals surface area contributed by atoms with Gasteiger partial charge in [0.2, 0.25) is 5.91 Å². The minimum absolute atomic E-state index is 0.0774. The maximum atomic E-state index is 11.8. The molecule has 0 spiro atoms. The van der Waals surface area contributed by atoms with Gasteiger partial charge >= 0.3 is 0 Å². The predicted molar refractivity (Wildman–Crippen MR) is 69.4 cm³/mol. The molecule has 0 radical (unpaired) electrons. The SMILES string of the molecule is CCC(CNC(C)(CC)C(=O)NC)C(C)C. The summed E-state index contributed by atoms with van der Waals surface area (Å²) in [5, 5.41) is 6.14. The van der Waals surface area contributed by atoms with Crippen LogP contribution in [0.15, 0.2) is 0 Å². The van der Waals surface area contributed by atoms with Gasteiger partial charge in [-0.15, -0.1) is 0 Å². The van der Waals surface area contributed by atoms with E-state index in [4.69, 9.17) is 0 Å². The Morgan fingerprint density at radius 3 is 2.19 bits per heavy atom. The third-order valence-corrected chi connectivity index (χ3v) is 3.66. The predicted octanol–water partition coefficient (Wildman–Crippen LogP) is 2.17. The third kappa shape index (κ3) is 4.12. The van der Waals surface area contributed by atoms with E-state index in [1.807, 2.05) is 13.8 Å². The van der Waals surface area contributed by atoms with E-state index < -0.39 is 5.54 Å². The van der Waals surface area contributed by atoms with Crippen molar-refractivity contribution in [1.29, 1.82) is 0 Å². The second-order valence-corrected chi connectivity index (χ2v) is 5.06. The minimum atomic E-state index is -0.433. The Labute approximate surface area is 100 Å². The topological polar surface area (TPSA) is 41.1 Å². The fourth-order valence-corrected chi connectivity index (χ4v) is 1.85. The zero-order chi connectivity index (χ0) is 12.8. The number of carbonyl (C=O) groups is 1. The molecule has 3 nitrogen and oxygen atoms in total. The molecule has 2 unspecified atom stereocenters. The van der Waals surface area contributed by atoms with Gasteiger partial charge in [-0.2, -0.15) is 0 Å². The van der Waals surface area contributed by atoms with Crippen LogP contribution >= 0.6 is 0 Å². The largest absolute Gasteiger partial charge is 0.358 e. The van der Waals surface area contributed by atoms with Crippen LogP contribution in [0.25, 0.3) is 0 Å². The third-order valence-electron chi connectivity index (χ3n) is 3.66. The molecule has 0 saturated carbocycles. The summed E-state index contributed by atoms with van der Waals surface area (Å²) in [6.07, 6.45) is 1.96. The van der Waals surface area contributed by atoms with Crippen molar-refractivity contribution in [3.63, 3.8) is 0 Å². The van der Waals surface area contributed by atoms with Crippen LogP contribution in [0.1, 0.15) is 47.5 Å². The molecule has 0 saturated heterocycles. The molecule has 2 atom stereocenters. The van der Waals surface area contributed by atoms with Gasteiger partial charge in [0.1, 0.15) is 0 Å². The molecule has 0 aromatic heterocycles. The normalized spacial score (nSPS) is 16.9. The van der Waals surface area contributed by atoms with Gasteiger partial charge in [0.05, 0.1) is 5.54 Å². The molecule has 96 valence electrons. The van der Waals surface area contributed by atoms with Crippen LogP contribution in [0.5, 0.6) is 0 Å². The number of nitrogens with one attached hydrogen (secondary N) is 2. The Kier molecular flexibility index (Phi) is 6.65. The summed E-state index contributed by atoms with van der Waals surface area (Å²) in [4.78, 5) is 11.8. The van der Waals surface area contributed by atoms with E-state index in [1.54, 1.807) is 7.05 Å². The lowest BCUT2D eigenvalue weighted by Gasteiger charge is -2.31. The molecule has 16 heavy (non-hydrogen) atoms. The summed E-state index contributed by atoms with van der Waals surface area (Å²) in [6, 6.07) is 0. The number of hydrogen-bond donors (Lipinski definition) is 2. The molecular weight excluding hydrogens is 200 g/mol. The summed E-state index contributed by atoms with van der Waals surface area (Å²) in [6.45, 7) is 11.6. The van der Waals surface area contributed by atoms with Gasteiger partial charge in [-0.25, -0.2) is 0 Å². The fraction of sp³-hybridized carbons (Fsp3) is 0.923. The lowest BCUT2D eigenvalue weighted by molar-refractivity contribution is -0.126. The van der Waals surface area contributed by atoms with E-state index in [9.17, 15) is 4.79 Å². The van der Waals surface area contributed by atoms with Crippen molar-refractivity contribution >= 4 is 5.91 Å². The van der Waals surface area contributed by atoms with Crippen molar-refractivity contribution in [3.05, 3.63) is 0 Å². The molecule has 0 rings (SSSR count). The highest BCUT2D eigenvalue weighted by molar-refractivity contribution is 5.85. The molecule has 1 amide bonds. The molecular formula is C13H28N2O. The standard InChI is InChI=1S/C13H28N2O/c1-7-11(10(3)4)9-15-13(5,8-2)12(16)14-6/h10-11,15H,7-9H2,1-6H3,(H,14,16). The second kappa shape index (κ2) is 6.89. The lowest BCUT2D eigenvalue weighted by Crippen LogP contribution is -2.55. The van der Waals surface area contributed by atoms with E-state index in [2.05, 4.69) is 31.4 Å². The monoisotopic (exact) mass is 228 g/mol. The first-order valence-electron chi connectivity index (χ1n) is 6.38. The van der Waals surface area contributed by atoms with Gasteiger partial charge in [0.15, 0.2) is 0 Å². The van der Waals surface area contributed by atoms with Crippen LogP contribution in [-0.2, 0) is 4.79 Å². The van der Waals surface area contributed by atoms with Crippen LogP contribution in [0.3, 0.4) is 0 Å². The Morgan fingerprint density at radius 2 is 1.88 bits per heavy atom. The van der Waals surface area contributed by atoms with E-state index in [-0.39, 0.29) is 5.91 Å². The Morgan fingerprint density at radius 1 is 1.31 bits per heavy atom. The Hall–Kier alpha value is -0.570. The highest BCUT2D eigenvalue weighted by Crippen LogP contribution is 2.16. The van der Waals surface area contributed by atoms with Crippen molar-refractivity contribution < 1.29 is 4.79 Å². The van der Waals surface area contributed by atoms with Crippen molar-refractivity contribution in [2.75, 3.05) is 13.6 Å². The van der Waals surface area contributed by atoms with Crippen molar-refractivity contribution in [1.82, 2.24) is 10.6 Å². The highest BCUT2D eigenvalue weighted by atomic mass is 16.2. The maximum Gasteiger partial charge on any atom is 0.239 e. The molecule has 0 aliphatic carbocycles. The zero-order valence-corrected chi connectivity index (χ0v) is 11.7. The van der Waals surface area contributed by atoms with Crippen LogP contribution in [0.2, 0.25) is 0 Å². The number of hydrogen-bond acceptors (Lipinski definition) is 2. The number of amides is 1. The van der Waals surface area contributed by atoms with Gasteiger partial charge in [0, 0.05) is 7.05 Å². The highest BCUT2D eigenvalue weighted by Gasteiger charge is 2.30. The van der Waals surface area contributed by atoms with Crippen LogP contribution in [-0.4, -0.2) is 25.0 Å². The average molecular weight is 228 g/mol. The van der Waals surface area contributed by atoms with Crippen molar-refractivity contribution in [2.24, 2.45) is 11.8 Å². The first-order valence-corrected chi connectivity index (χ1v) is 6.38. The van der Waals surface area contributed by atoms with Crippen LogP contribution < -0.4 is 10.6 Å². The first kappa shape index (κ1) is 15.4. The molecule has 3 heteroatoms. The summed E-state index contributed by atoms with van der Waals surface area (Å²) in [7, 11) is 1.69. The Balaban J connectivity index is 4.38. The van der Waals surface area contributed by atoms with Crippen molar-refractivity contribution in [3.8, 4) is 0 Å². The fourth-order valence-electron chi connectivity index (χ4n) is 1.85. The summed E-state index contributed by atoms with van der Waals surface area (Å²) < 4.78 is 0. The van der Waals surface area contributed by atoms with Gasteiger partial charge in [0.25, 0.3) is 0 Å². The molecule has 0 aromatic rings. The quantitative estimate of drug-likeness (QED) is 0.701. The number of rotatable bonds is 7. The summed E-state index contributed by atoms with van der Waals surface area (Å²) >= 11 is 0. The summed E-state index contributed by atoms with van der Waals surface area (Å²) in [5.74, 6) is 1.37. The van der Waals surface area contributed by atoms with Gasteiger partial charge < -0.3 is 10.6 Å². The van der Waals surface area contributed by atoms with E-state index in [0.717, 1.165) is 19.4 Å². The number of likely N-dealkylation sites (N-methyl/N-ethyl adjacent to an activating group) is 1. The molecule has 0 aromatic carbocycles. The van der Waals surface area contributed by atoms with Gasteiger partial charge in [-0.3, -0.25) is 4.79 Å². The second-order valence-electron chi connectivity index (χ2n) is 5.06. The molecule has 0 fully saturated rings. The lowest BCUT2D eigenvalue weighted by atomic mass is 9.90. The maximum absolute atomic E-state index is 11.8. The van der Waals surface area contributed by atoms with Gasteiger partial charge in [-0.05, 0) is 31.7 Å². The van der Waals surface area contributed by atoms with E-state index in [0.29, 0.717) is 11.8 Å². The Bertz CT molecular complexity index is 216. The van der Waals surface area contributed by atoms with Gasteiger partial charge in [-0.1, -0.05) is 34.1 Å². The molecule has 0 heterocycles. The molecule has 0 aliphatic heterocycles. The minimum Gasteiger partial charge on any atom is -0.358 e. The smallest absolute Gasteiger partial charge is 0.239 e. The zero-order valence-electron chi connectivity index (χ0n) is 11.7. The van der Waals surface area contributed by atoms with Crippen LogP contribution in [0, 0.1) is 11.8 Å². The molecule has 0 aliphatic rings. The number of carbonyl (C=O) groups excluding carboxylic acids is 1.